The van der Waals surface area contributed by atoms with Gasteiger partial charge in [-0.15, -0.1) is 0 Å². The van der Waals surface area contributed by atoms with Crippen molar-refractivity contribution >= 4 is 5.91 Å². The average Bonchev–Trinajstić information content (AvgIpc) is 2.95. The third-order valence-electron chi connectivity index (χ3n) is 3.67. The lowest BCUT2D eigenvalue weighted by molar-refractivity contribution is -0.0308. The summed E-state index contributed by atoms with van der Waals surface area (Å²) in [5.41, 5.74) is 0.607. The van der Waals surface area contributed by atoms with Gasteiger partial charge in [0.05, 0.1) is 0 Å². The molecule has 2 aliphatic carbocycles. The highest BCUT2D eigenvalue weighted by molar-refractivity contribution is 5.94. The summed E-state index contributed by atoms with van der Waals surface area (Å²) < 4.78 is 29.3. The van der Waals surface area contributed by atoms with E-state index < -0.39 is 11.8 Å². The van der Waals surface area contributed by atoms with Gasteiger partial charge in [0.25, 0.3) is 11.8 Å². The van der Waals surface area contributed by atoms with Gasteiger partial charge in [-0.2, -0.15) is 13.9 Å². The molecule has 0 spiro atoms. The van der Waals surface area contributed by atoms with Crippen molar-refractivity contribution in [2.45, 2.75) is 31.7 Å². The summed E-state index contributed by atoms with van der Waals surface area (Å²) in [6.45, 7) is 2.11. The van der Waals surface area contributed by atoms with E-state index in [1.54, 1.807) is 6.92 Å². The molecule has 4 nitrogen and oxygen atoms in total. The zero-order chi connectivity index (χ0) is 12.4. The molecule has 1 N–H and O–H groups in total. The first-order valence-electron chi connectivity index (χ1n) is 5.73. The monoisotopic (exact) mass is 241 g/mol. The number of hydrogen-bond donors (Lipinski definition) is 1. The Bertz CT molecular complexity index is 509. The minimum atomic E-state index is -2.82. The van der Waals surface area contributed by atoms with Crippen LogP contribution in [0.3, 0.4) is 0 Å². The van der Waals surface area contributed by atoms with Gasteiger partial charge in [-0.25, -0.2) is 0 Å². The highest BCUT2D eigenvalue weighted by Gasteiger charge is 2.66. The van der Waals surface area contributed by atoms with Crippen LogP contribution in [-0.2, 0) is 12.5 Å². The quantitative estimate of drug-likeness (QED) is 0.852. The molecule has 3 rings (SSSR count). The highest BCUT2D eigenvalue weighted by Crippen LogP contribution is 2.67. The fourth-order valence-corrected chi connectivity index (χ4v) is 2.78. The summed E-state index contributed by atoms with van der Waals surface area (Å²) in [5, 5.41) is 6.47. The van der Waals surface area contributed by atoms with Crippen LogP contribution in [0.15, 0.2) is 0 Å². The van der Waals surface area contributed by atoms with Crippen LogP contribution in [0.1, 0.15) is 41.0 Å². The summed E-state index contributed by atoms with van der Waals surface area (Å²) in [4.78, 5) is 11.6. The summed E-state index contributed by atoms with van der Waals surface area (Å²) in [7, 11) is 1.48. The Labute approximate surface area is 97.0 Å². The van der Waals surface area contributed by atoms with E-state index in [4.69, 9.17) is 0 Å². The minimum absolute atomic E-state index is 0.0418. The van der Waals surface area contributed by atoms with Crippen molar-refractivity contribution in [3.8, 4) is 0 Å². The van der Waals surface area contributed by atoms with E-state index in [0.717, 1.165) is 0 Å². The van der Waals surface area contributed by atoms with Crippen LogP contribution in [-0.4, -0.2) is 22.7 Å². The number of hydrogen-bond acceptors (Lipinski definition) is 2. The van der Waals surface area contributed by atoms with Crippen LogP contribution in [0.4, 0.5) is 8.78 Å². The molecule has 0 saturated heterocycles. The van der Waals surface area contributed by atoms with E-state index in [1.807, 2.05) is 0 Å². The number of nitrogens with one attached hydrogen (secondary N) is 1. The molecule has 0 bridgehead atoms. The van der Waals surface area contributed by atoms with Crippen molar-refractivity contribution in [1.82, 2.24) is 15.1 Å². The molecule has 1 aromatic rings. The van der Waals surface area contributed by atoms with E-state index in [2.05, 4.69) is 10.4 Å². The molecular weight excluding hydrogens is 228 g/mol. The normalized spacial score (nSPS) is 27.5. The van der Waals surface area contributed by atoms with Gasteiger partial charge >= 0.3 is 0 Å². The molecule has 92 valence electrons. The predicted molar refractivity (Wildman–Crippen MR) is 56.0 cm³/mol. The molecule has 1 amide bonds. The Morgan fingerprint density at radius 2 is 2.35 bits per heavy atom. The summed E-state index contributed by atoms with van der Waals surface area (Å²) in [6.07, 6.45) is 0.472. The fraction of sp³-hybridized carbons (Fsp3) is 0.636. The van der Waals surface area contributed by atoms with Crippen LogP contribution in [0.5, 0.6) is 0 Å². The maximum atomic E-state index is 14.0. The van der Waals surface area contributed by atoms with Gasteiger partial charge in [-0.05, 0) is 19.3 Å². The van der Waals surface area contributed by atoms with Crippen LogP contribution >= 0.6 is 0 Å². The Balaban J connectivity index is 2.20. The summed E-state index contributed by atoms with van der Waals surface area (Å²) in [6, 6.07) is 0. The van der Waals surface area contributed by atoms with Crippen molar-refractivity contribution in [1.29, 1.82) is 0 Å². The molecule has 0 aromatic carbocycles. The molecule has 1 fully saturated rings. The SMILES string of the molecule is CCn1nc(C(=O)NC)c2c1C(F)(F)[C@@H]1C[C@H]21. The maximum absolute atomic E-state index is 14.0. The number of rotatable bonds is 2. The van der Waals surface area contributed by atoms with E-state index in [0.29, 0.717) is 18.5 Å². The Morgan fingerprint density at radius 3 is 2.94 bits per heavy atom. The second kappa shape index (κ2) is 3.05. The van der Waals surface area contributed by atoms with E-state index in [9.17, 15) is 13.6 Å². The largest absolute Gasteiger partial charge is 0.354 e. The lowest BCUT2D eigenvalue weighted by atomic mass is 10.1. The first kappa shape index (κ1) is 10.7. The smallest absolute Gasteiger partial charge is 0.293 e. The standard InChI is InChI=1S/C11H13F2N3O/c1-3-16-9-7(8(15-16)10(17)14-2)5-4-6(5)11(9,12)13/h5-6H,3-4H2,1-2H3,(H,14,17)/t5-,6+/m0/s1. The number of amides is 1. The topological polar surface area (TPSA) is 46.9 Å². The number of halogens is 2. The zero-order valence-electron chi connectivity index (χ0n) is 9.63. The maximum Gasteiger partial charge on any atom is 0.293 e. The molecule has 2 aliphatic rings. The molecule has 1 aromatic heterocycles. The van der Waals surface area contributed by atoms with Gasteiger partial charge in [0.1, 0.15) is 5.69 Å². The van der Waals surface area contributed by atoms with Crippen molar-refractivity contribution in [3.63, 3.8) is 0 Å². The Kier molecular flexibility index (Phi) is 1.92. The van der Waals surface area contributed by atoms with E-state index in [1.165, 1.54) is 11.7 Å². The number of aromatic nitrogens is 2. The third kappa shape index (κ3) is 1.15. The highest BCUT2D eigenvalue weighted by atomic mass is 19.3. The van der Waals surface area contributed by atoms with Gasteiger partial charge in [0.2, 0.25) is 0 Å². The minimum Gasteiger partial charge on any atom is -0.354 e. The van der Waals surface area contributed by atoms with E-state index >= 15 is 0 Å². The molecular formula is C11H13F2N3O. The van der Waals surface area contributed by atoms with Crippen molar-refractivity contribution in [3.05, 3.63) is 17.0 Å². The second-order valence-electron chi connectivity index (χ2n) is 4.58. The van der Waals surface area contributed by atoms with Gasteiger partial charge < -0.3 is 5.32 Å². The van der Waals surface area contributed by atoms with Crippen molar-refractivity contribution in [2.24, 2.45) is 5.92 Å². The lowest BCUT2D eigenvalue weighted by Gasteiger charge is -2.14. The fourth-order valence-electron chi connectivity index (χ4n) is 2.78. The number of fused-ring (bicyclic) bond motifs is 3. The van der Waals surface area contributed by atoms with Crippen molar-refractivity contribution in [2.75, 3.05) is 7.05 Å². The first-order valence-corrected chi connectivity index (χ1v) is 5.73. The molecule has 1 saturated carbocycles. The molecule has 17 heavy (non-hydrogen) atoms. The van der Waals surface area contributed by atoms with Gasteiger partial charge in [0.15, 0.2) is 5.69 Å². The van der Waals surface area contributed by atoms with Crippen LogP contribution in [0.25, 0.3) is 0 Å². The predicted octanol–water partition coefficient (Wildman–Crippen LogP) is 1.47. The molecule has 2 atom stereocenters. The van der Waals surface area contributed by atoms with Gasteiger partial charge in [-0.1, -0.05) is 0 Å². The Hall–Kier alpha value is -1.46. The van der Waals surface area contributed by atoms with Gasteiger partial charge in [-0.3, -0.25) is 9.48 Å². The number of alkyl halides is 2. The molecule has 0 aliphatic heterocycles. The first-order chi connectivity index (χ1) is 8.02. The molecule has 1 heterocycles. The van der Waals surface area contributed by atoms with E-state index in [-0.39, 0.29) is 23.2 Å². The van der Waals surface area contributed by atoms with Gasteiger partial charge in [0, 0.05) is 25.1 Å². The molecule has 0 radical (unpaired) electrons. The van der Waals surface area contributed by atoms with Crippen LogP contribution in [0.2, 0.25) is 0 Å². The Morgan fingerprint density at radius 1 is 1.65 bits per heavy atom. The summed E-state index contributed by atoms with van der Waals surface area (Å²) >= 11 is 0. The number of nitrogens with zero attached hydrogens (tertiary/aromatic N) is 2. The zero-order valence-corrected chi connectivity index (χ0v) is 9.63. The average molecular weight is 241 g/mol. The summed E-state index contributed by atoms with van der Waals surface area (Å²) in [5.74, 6) is -3.99. The van der Waals surface area contributed by atoms with Crippen LogP contribution in [0, 0.1) is 5.92 Å². The third-order valence-corrected chi connectivity index (χ3v) is 3.67. The lowest BCUT2D eigenvalue weighted by Crippen LogP contribution is -2.20. The number of carbonyl (C=O) groups is 1. The number of carbonyl (C=O) groups excluding carboxylic acids is 1. The van der Waals surface area contributed by atoms with Crippen LogP contribution < -0.4 is 5.32 Å². The van der Waals surface area contributed by atoms with Crippen molar-refractivity contribution < 1.29 is 13.6 Å². The number of aryl methyl sites for hydroxylation is 1. The molecule has 0 unspecified atom stereocenters. The molecule has 6 heteroatoms. The second-order valence-corrected chi connectivity index (χ2v) is 4.58.